The van der Waals surface area contributed by atoms with E-state index in [1.807, 2.05) is 75.0 Å². The van der Waals surface area contributed by atoms with E-state index >= 15 is 0 Å². The third-order valence-electron chi connectivity index (χ3n) is 5.33. The van der Waals surface area contributed by atoms with Gasteiger partial charge in [-0.1, -0.05) is 43.3 Å². The number of rotatable bonds is 5. The molecule has 0 aliphatic carbocycles. The first-order chi connectivity index (χ1) is 14.4. The Balaban J connectivity index is 1.91. The molecule has 1 amide bonds. The summed E-state index contributed by atoms with van der Waals surface area (Å²) in [5.41, 5.74) is 6.71. The van der Waals surface area contributed by atoms with Crippen LogP contribution in [-0.2, 0) is 20.0 Å². The number of hydrogen-bond acceptors (Lipinski definition) is 3. The van der Waals surface area contributed by atoms with Crippen molar-refractivity contribution in [2.24, 2.45) is 12.0 Å². The van der Waals surface area contributed by atoms with Gasteiger partial charge in [-0.15, -0.1) is 0 Å². The Labute approximate surface area is 178 Å². The predicted octanol–water partition coefficient (Wildman–Crippen LogP) is 4.31. The van der Waals surface area contributed by atoms with Crippen LogP contribution >= 0.6 is 0 Å². The summed E-state index contributed by atoms with van der Waals surface area (Å²) in [4.78, 5) is 17.6. The van der Waals surface area contributed by atoms with E-state index < -0.39 is 0 Å². The zero-order valence-corrected chi connectivity index (χ0v) is 18.3. The first-order valence-electron chi connectivity index (χ1n) is 10.2. The summed E-state index contributed by atoms with van der Waals surface area (Å²) in [6, 6.07) is 15.6. The topological polar surface area (TPSA) is 71.3 Å². The lowest BCUT2D eigenvalue weighted by Gasteiger charge is -2.15. The molecule has 0 bridgehead atoms. The number of amides is 1. The Kier molecular flexibility index (Phi) is 6.67. The van der Waals surface area contributed by atoms with Gasteiger partial charge in [0.15, 0.2) is 0 Å². The summed E-state index contributed by atoms with van der Waals surface area (Å²) < 4.78 is 1.85. The number of benzene rings is 2. The van der Waals surface area contributed by atoms with Crippen LogP contribution in [0.5, 0.6) is 0 Å². The van der Waals surface area contributed by atoms with E-state index in [9.17, 15) is 4.79 Å². The minimum Gasteiger partial charge on any atom is -0.326 e. The molecule has 3 rings (SSSR count). The van der Waals surface area contributed by atoms with Gasteiger partial charge in [0.25, 0.3) is 5.91 Å². The molecule has 0 saturated carbocycles. The van der Waals surface area contributed by atoms with E-state index in [1.54, 1.807) is 0 Å². The molecule has 0 fully saturated rings. The second kappa shape index (κ2) is 9.39. The van der Waals surface area contributed by atoms with Crippen LogP contribution in [0.4, 0.5) is 5.69 Å². The molecule has 0 radical (unpaired) electrons. The van der Waals surface area contributed by atoms with E-state index in [0.29, 0.717) is 18.1 Å². The molecular formula is C24H29N5O. The van der Waals surface area contributed by atoms with Gasteiger partial charge >= 0.3 is 0 Å². The molecule has 6 nitrogen and oxygen atoms in total. The number of hydrogen-bond donors (Lipinski definition) is 2. The van der Waals surface area contributed by atoms with Gasteiger partial charge in [0.05, 0.1) is 12.2 Å². The van der Waals surface area contributed by atoms with E-state index in [0.717, 1.165) is 40.2 Å². The van der Waals surface area contributed by atoms with Gasteiger partial charge in [0.2, 0.25) is 5.96 Å². The lowest BCUT2D eigenvalue weighted by molar-refractivity contribution is 0.0976. The van der Waals surface area contributed by atoms with Gasteiger partial charge in [-0.25, -0.2) is 4.99 Å². The second-order valence-electron chi connectivity index (χ2n) is 7.34. The Morgan fingerprint density at radius 3 is 2.43 bits per heavy atom. The van der Waals surface area contributed by atoms with Crippen molar-refractivity contribution in [1.29, 1.82) is 0 Å². The summed E-state index contributed by atoms with van der Waals surface area (Å²) in [5.74, 6) is 0.236. The number of carbonyl (C=O) groups excluding carboxylic acids is 1. The number of aryl methyl sites for hydroxylation is 4. The molecule has 0 atom stereocenters. The minimum atomic E-state index is -0.187. The Morgan fingerprint density at radius 1 is 1.07 bits per heavy atom. The van der Waals surface area contributed by atoms with Gasteiger partial charge in [0.1, 0.15) is 0 Å². The second-order valence-corrected chi connectivity index (χ2v) is 7.34. The maximum Gasteiger partial charge on any atom is 0.258 e. The van der Waals surface area contributed by atoms with Crippen LogP contribution in [0.25, 0.3) is 0 Å². The third kappa shape index (κ3) is 4.76. The average molecular weight is 404 g/mol. The van der Waals surface area contributed by atoms with E-state index in [2.05, 4.69) is 28.7 Å². The quantitative estimate of drug-likeness (QED) is 0.493. The van der Waals surface area contributed by atoms with Crippen molar-refractivity contribution in [3.8, 4) is 0 Å². The highest BCUT2D eigenvalue weighted by atomic mass is 16.1. The monoisotopic (exact) mass is 403 g/mol. The highest BCUT2D eigenvalue weighted by Crippen LogP contribution is 2.17. The molecule has 2 N–H and O–H groups in total. The molecule has 1 aromatic heterocycles. The van der Waals surface area contributed by atoms with Crippen LogP contribution in [0.15, 0.2) is 53.5 Å². The van der Waals surface area contributed by atoms with Gasteiger partial charge < -0.3 is 5.32 Å². The van der Waals surface area contributed by atoms with Crippen molar-refractivity contribution < 1.29 is 4.79 Å². The molecule has 0 saturated heterocycles. The highest BCUT2D eigenvalue weighted by Gasteiger charge is 2.14. The third-order valence-corrected chi connectivity index (χ3v) is 5.33. The largest absolute Gasteiger partial charge is 0.326 e. The van der Waals surface area contributed by atoms with Crippen LogP contribution in [0.1, 0.15) is 45.4 Å². The van der Waals surface area contributed by atoms with E-state index in [1.165, 1.54) is 0 Å². The Morgan fingerprint density at radius 2 is 1.77 bits per heavy atom. The Hall–Kier alpha value is -3.41. The molecule has 156 valence electrons. The summed E-state index contributed by atoms with van der Waals surface area (Å²) in [6.07, 6.45) is 0.878. The number of nitrogens with zero attached hydrogens (tertiary/aromatic N) is 3. The number of carbonyl (C=O) groups is 1. The molecule has 0 aliphatic heterocycles. The van der Waals surface area contributed by atoms with Crippen LogP contribution in [-0.4, -0.2) is 21.6 Å². The molecule has 6 heteroatoms. The van der Waals surface area contributed by atoms with Crippen LogP contribution < -0.4 is 10.6 Å². The van der Waals surface area contributed by atoms with E-state index in [-0.39, 0.29) is 5.91 Å². The lowest BCUT2D eigenvalue weighted by Crippen LogP contribution is -2.36. The van der Waals surface area contributed by atoms with Crippen molar-refractivity contribution in [2.75, 3.05) is 5.32 Å². The Bertz CT molecular complexity index is 1080. The molecule has 3 aromatic rings. The summed E-state index contributed by atoms with van der Waals surface area (Å²) in [7, 11) is 1.92. The molecule has 1 heterocycles. The maximum absolute atomic E-state index is 12.9. The van der Waals surface area contributed by atoms with Gasteiger partial charge in [0, 0.05) is 29.6 Å². The SMILES string of the molecule is CCc1ccccc1NC(=NCc1c(C)nn(C)c1C)NC(=O)c1ccccc1C. The number of aliphatic imine (C=N–C) groups is 1. The van der Waals surface area contributed by atoms with Gasteiger partial charge in [-0.3, -0.25) is 14.8 Å². The highest BCUT2D eigenvalue weighted by molar-refractivity contribution is 6.10. The fourth-order valence-corrected chi connectivity index (χ4v) is 3.40. The number of guanidine groups is 1. The van der Waals surface area contributed by atoms with Crippen LogP contribution in [0.2, 0.25) is 0 Å². The number of anilines is 1. The fraction of sp³-hybridized carbons (Fsp3) is 0.292. The smallest absolute Gasteiger partial charge is 0.258 e. The maximum atomic E-state index is 12.9. The van der Waals surface area contributed by atoms with Crippen LogP contribution in [0, 0.1) is 20.8 Å². The standard InChI is InChI=1S/C24H29N5O/c1-6-19-12-8-10-14-22(19)26-24(25-15-21-17(3)28-29(5)18(21)4)27-23(30)20-13-9-7-11-16(20)2/h7-14H,6,15H2,1-5H3,(H2,25,26,27,30). The first kappa shape index (κ1) is 21.3. The van der Waals surface area contributed by atoms with Crippen molar-refractivity contribution >= 4 is 17.6 Å². The number of aromatic nitrogens is 2. The predicted molar refractivity (Wildman–Crippen MR) is 122 cm³/mol. The zero-order chi connectivity index (χ0) is 21.7. The molecule has 30 heavy (non-hydrogen) atoms. The summed E-state index contributed by atoms with van der Waals surface area (Å²) in [5, 5.41) is 10.7. The van der Waals surface area contributed by atoms with Gasteiger partial charge in [-0.2, -0.15) is 5.10 Å². The number of para-hydroxylation sites is 1. The molecule has 0 spiro atoms. The van der Waals surface area contributed by atoms with Crippen molar-refractivity contribution in [2.45, 2.75) is 40.7 Å². The molecule has 0 unspecified atom stereocenters. The molecular weight excluding hydrogens is 374 g/mol. The molecule has 0 aliphatic rings. The molecule has 2 aromatic carbocycles. The summed E-state index contributed by atoms with van der Waals surface area (Å²) in [6.45, 7) is 8.45. The van der Waals surface area contributed by atoms with Crippen molar-refractivity contribution in [1.82, 2.24) is 15.1 Å². The van der Waals surface area contributed by atoms with Gasteiger partial charge in [-0.05, 0) is 50.5 Å². The minimum absolute atomic E-state index is 0.187. The number of nitrogens with one attached hydrogen (secondary N) is 2. The van der Waals surface area contributed by atoms with E-state index in [4.69, 9.17) is 4.99 Å². The van der Waals surface area contributed by atoms with Crippen LogP contribution in [0.3, 0.4) is 0 Å². The van der Waals surface area contributed by atoms with Crippen molar-refractivity contribution in [3.63, 3.8) is 0 Å². The average Bonchev–Trinajstić information content (AvgIpc) is 2.98. The van der Waals surface area contributed by atoms with Crippen molar-refractivity contribution in [3.05, 3.63) is 82.2 Å². The normalized spacial score (nSPS) is 11.4. The lowest BCUT2D eigenvalue weighted by atomic mass is 10.1. The zero-order valence-electron chi connectivity index (χ0n) is 18.3. The first-order valence-corrected chi connectivity index (χ1v) is 10.2. The summed E-state index contributed by atoms with van der Waals surface area (Å²) >= 11 is 0. The fourth-order valence-electron chi connectivity index (χ4n) is 3.40.